The molecule has 2 aliphatic heterocycles. The van der Waals surface area contributed by atoms with Crippen LogP contribution >= 0.6 is 0 Å². The summed E-state index contributed by atoms with van der Waals surface area (Å²) in [6, 6.07) is 5.08. The lowest BCUT2D eigenvalue weighted by atomic mass is 10.1. The molecule has 0 aromatic heterocycles. The Bertz CT molecular complexity index is 610. The highest BCUT2D eigenvalue weighted by Crippen LogP contribution is 2.30. The molecule has 3 rings (SSSR count). The van der Waals surface area contributed by atoms with Crippen molar-refractivity contribution in [3.05, 3.63) is 29.8 Å². The van der Waals surface area contributed by atoms with E-state index in [1.165, 1.54) is 12.1 Å². The van der Waals surface area contributed by atoms with Gasteiger partial charge in [0.15, 0.2) is 0 Å². The van der Waals surface area contributed by atoms with E-state index < -0.39 is 11.7 Å². The highest BCUT2D eigenvalue weighted by Gasteiger charge is 2.30. The summed E-state index contributed by atoms with van der Waals surface area (Å²) in [6.45, 7) is 6.95. The molecule has 9 heteroatoms. The first kappa shape index (κ1) is 19.8. The van der Waals surface area contributed by atoms with Crippen LogP contribution in [0.5, 0.6) is 0 Å². The lowest BCUT2D eigenvalue weighted by Gasteiger charge is -2.36. The second kappa shape index (κ2) is 8.79. The van der Waals surface area contributed by atoms with E-state index in [0.29, 0.717) is 32.7 Å². The number of ether oxygens (including phenoxy) is 1. The molecule has 0 bridgehead atoms. The molecular formula is C18H25F3N4O2. The number of hydrogen-bond donors (Lipinski definition) is 1. The van der Waals surface area contributed by atoms with Gasteiger partial charge in [-0.1, -0.05) is 0 Å². The fraction of sp³-hybridized carbons (Fsp3) is 0.611. The summed E-state index contributed by atoms with van der Waals surface area (Å²) in [5.41, 5.74) is 0.0971. The Kier molecular flexibility index (Phi) is 6.43. The highest BCUT2D eigenvalue weighted by atomic mass is 19.4. The first-order chi connectivity index (χ1) is 12.9. The van der Waals surface area contributed by atoms with E-state index in [9.17, 15) is 18.0 Å². The van der Waals surface area contributed by atoms with Gasteiger partial charge in [-0.2, -0.15) is 13.2 Å². The molecule has 0 aliphatic carbocycles. The lowest BCUT2D eigenvalue weighted by molar-refractivity contribution is -0.137. The van der Waals surface area contributed by atoms with Gasteiger partial charge in [0.2, 0.25) is 0 Å². The van der Waals surface area contributed by atoms with E-state index in [1.54, 1.807) is 4.90 Å². The summed E-state index contributed by atoms with van der Waals surface area (Å²) in [4.78, 5) is 18.3. The third-order valence-electron chi connectivity index (χ3n) is 4.93. The molecule has 0 atom stereocenters. The van der Waals surface area contributed by atoms with Gasteiger partial charge in [-0.3, -0.25) is 4.90 Å². The predicted molar refractivity (Wildman–Crippen MR) is 95.9 cm³/mol. The molecule has 6 nitrogen and oxygen atoms in total. The van der Waals surface area contributed by atoms with Crippen LogP contribution in [0.25, 0.3) is 0 Å². The number of urea groups is 1. The van der Waals surface area contributed by atoms with Gasteiger partial charge in [-0.15, -0.1) is 0 Å². The van der Waals surface area contributed by atoms with Crippen LogP contribution < -0.4 is 10.2 Å². The first-order valence-electron chi connectivity index (χ1n) is 9.18. The number of rotatable bonds is 4. The summed E-state index contributed by atoms with van der Waals surface area (Å²) < 4.78 is 43.2. The molecule has 1 aromatic carbocycles. The average molecular weight is 386 g/mol. The quantitative estimate of drug-likeness (QED) is 0.858. The smallest absolute Gasteiger partial charge is 0.379 e. The molecule has 1 aromatic rings. The number of nitrogens with one attached hydrogen (secondary N) is 1. The standard InChI is InChI=1S/C18H25F3N4O2/c19-18(20,21)15-1-3-16(4-2-15)24-7-9-25(10-8-24)17(26)22-5-6-23-11-13-27-14-12-23/h1-4H,5-14H2,(H,22,26). The van der Waals surface area contributed by atoms with Crippen LogP contribution in [0.2, 0.25) is 0 Å². The number of carbonyl (C=O) groups excluding carboxylic acids is 1. The summed E-state index contributed by atoms with van der Waals surface area (Å²) in [5, 5.41) is 2.94. The Balaban J connectivity index is 1.40. The van der Waals surface area contributed by atoms with Gasteiger partial charge in [0.25, 0.3) is 0 Å². The van der Waals surface area contributed by atoms with Gasteiger partial charge in [0, 0.05) is 58.0 Å². The number of morpholine rings is 1. The number of alkyl halides is 3. The van der Waals surface area contributed by atoms with E-state index in [0.717, 1.165) is 50.7 Å². The number of amides is 2. The van der Waals surface area contributed by atoms with Crippen molar-refractivity contribution >= 4 is 11.7 Å². The van der Waals surface area contributed by atoms with Gasteiger partial charge in [-0.25, -0.2) is 4.79 Å². The van der Waals surface area contributed by atoms with Crippen molar-refractivity contribution in [2.45, 2.75) is 6.18 Å². The molecule has 2 saturated heterocycles. The Morgan fingerprint density at radius 2 is 1.63 bits per heavy atom. The third kappa shape index (κ3) is 5.49. The maximum absolute atomic E-state index is 12.6. The zero-order chi connectivity index (χ0) is 19.3. The van der Waals surface area contributed by atoms with E-state index in [1.807, 2.05) is 4.90 Å². The molecule has 0 unspecified atom stereocenters. The number of hydrogen-bond acceptors (Lipinski definition) is 4. The average Bonchev–Trinajstić information content (AvgIpc) is 2.68. The number of carbonyl (C=O) groups is 1. The van der Waals surface area contributed by atoms with Crippen LogP contribution in [0.15, 0.2) is 24.3 Å². The minimum atomic E-state index is -4.32. The number of anilines is 1. The lowest BCUT2D eigenvalue weighted by Crippen LogP contribution is -2.52. The molecule has 0 spiro atoms. The zero-order valence-electron chi connectivity index (χ0n) is 15.2. The number of benzene rings is 1. The summed E-state index contributed by atoms with van der Waals surface area (Å²) in [6.07, 6.45) is -4.32. The van der Waals surface area contributed by atoms with Crippen molar-refractivity contribution in [1.82, 2.24) is 15.1 Å². The fourth-order valence-electron chi connectivity index (χ4n) is 3.29. The Hall–Kier alpha value is -2.00. The molecule has 2 amide bonds. The van der Waals surface area contributed by atoms with Crippen molar-refractivity contribution in [3.8, 4) is 0 Å². The van der Waals surface area contributed by atoms with Gasteiger partial charge in [0.05, 0.1) is 18.8 Å². The topological polar surface area (TPSA) is 48.1 Å². The van der Waals surface area contributed by atoms with Crippen molar-refractivity contribution < 1.29 is 22.7 Å². The number of halogens is 3. The summed E-state index contributed by atoms with van der Waals surface area (Å²) in [5.74, 6) is 0. The van der Waals surface area contributed by atoms with Gasteiger partial charge < -0.3 is 19.9 Å². The third-order valence-corrected chi connectivity index (χ3v) is 4.93. The van der Waals surface area contributed by atoms with Gasteiger partial charge >= 0.3 is 12.2 Å². The van der Waals surface area contributed by atoms with Crippen LogP contribution in [0.3, 0.4) is 0 Å². The highest BCUT2D eigenvalue weighted by molar-refractivity contribution is 5.74. The maximum atomic E-state index is 12.6. The van der Waals surface area contributed by atoms with Crippen molar-refractivity contribution in [3.63, 3.8) is 0 Å². The van der Waals surface area contributed by atoms with Crippen LogP contribution in [0.4, 0.5) is 23.7 Å². The predicted octanol–water partition coefficient (Wildman–Crippen LogP) is 1.87. The normalized spacial score (nSPS) is 19.2. The summed E-state index contributed by atoms with van der Waals surface area (Å²) >= 11 is 0. The maximum Gasteiger partial charge on any atom is 0.416 e. The van der Waals surface area contributed by atoms with Crippen molar-refractivity contribution in [1.29, 1.82) is 0 Å². The van der Waals surface area contributed by atoms with Crippen molar-refractivity contribution in [2.75, 3.05) is 70.5 Å². The van der Waals surface area contributed by atoms with E-state index >= 15 is 0 Å². The largest absolute Gasteiger partial charge is 0.416 e. The summed E-state index contributed by atoms with van der Waals surface area (Å²) in [7, 11) is 0. The molecule has 0 saturated carbocycles. The Morgan fingerprint density at radius 3 is 2.22 bits per heavy atom. The SMILES string of the molecule is O=C(NCCN1CCOCC1)N1CCN(c2ccc(C(F)(F)F)cc2)CC1. The van der Waals surface area contributed by atoms with Crippen LogP contribution in [0, 0.1) is 0 Å². The van der Waals surface area contributed by atoms with E-state index in [4.69, 9.17) is 4.74 Å². The molecule has 150 valence electrons. The zero-order valence-corrected chi connectivity index (χ0v) is 15.2. The minimum Gasteiger partial charge on any atom is -0.379 e. The molecule has 27 heavy (non-hydrogen) atoms. The molecule has 0 radical (unpaired) electrons. The molecule has 2 aliphatic rings. The molecular weight excluding hydrogens is 361 g/mol. The van der Waals surface area contributed by atoms with Crippen LogP contribution in [0.1, 0.15) is 5.56 Å². The molecule has 2 fully saturated rings. The number of nitrogens with zero attached hydrogens (tertiary/aromatic N) is 3. The van der Waals surface area contributed by atoms with Gasteiger partial charge in [0.1, 0.15) is 0 Å². The fourth-order valence-corrected chi connectivity index (χ4v) is 3.29. The van der Waals surface area contributed by atoms with Crippen molar-refractivity contribution in [2.24, 2.45) is 0 Å². The second-order valence-corrected chi connectivity index (χ2v) is 6.70. The van der Waals surface area contributed by atoms with Gasteiger partial charge in [-0.05, 0) is 24.3 Å². The second-order valence-electron chi connectivity index (χ2n) is 6.70. The monoisotopic (exact) mass is 386 g/mol. The van der Waals surface area contributed by atoms with Crippen LogP contribution in [-0.2, 0) is 10.9 Å². The minimum absolute atomic E-state index is 0.0877. The first-order valence-corrected chi connectivity index (χ1v) is 9.18. The number of piperazine rings is 1. The van der Waals surface area contributed by atoms with E-state index in [2.05, 4.69) is 10.2 Å². The molecule has 2 heterocycles. The molecule has 1 N–H and O–H groups in total. The van der Waals surface area contributed by atoms with E-state index in [-0.39, 0.29) is 6.03 Å². The van der Waals surface area contributed by atoms with Crippen LogP contribution in [-0.4, -0.2) is 81.4 Å². The Labute approximate surface area is 156 Å². The Morgan fingerprint density at radius 1 is 1.00 bits per heavy atom.